The van der Waals surface area contributed by atoms with Gasteiger partial charge < -0.3 is 40.1 Å². The van der Waals surface area contributed by atoms with Gasteiger partial charge in [0.15, 0.2) is 5.60 Å². The van der Waals surface area contributed by atoms with E-state index in [1.165, 1.54) is 11.1 Å². The van der Waals surface area contributed by atoms with Gasteiger partial charge in [0.25, 0.3) is 0 Å². The van der Waals surface area contributed by atoms with Gasteiger partial charge in [0, 0.05) is 38.8 Å². The maximum atomic E-state index is 12.9. The van der Waals surface area contributed by atoms with Gasteiger partial charge in [-0.1, -0.05) is 35.9 Å². The van der Waals surface area contributed by atoms with Crippen molar-refractivity contribution in [1.29, 1.82) is 0 Å². The van der Waals surface area contributed by atoms with Gasteiger partial charge >= 0.3 is 17.9 Å². The van der Waals surface area contributed by atoms with E-state index in [0.717, 1.165) is 31.5 Å². The molecule has 1 atom stereocenters. The number of piperidine rings is 1. The second-order valence-corrected chi connectivity index (χ2v) is 11.5. The van der Waals surface area contributed by atoms with Gasteiger partial charge in [0.1, 0.15) is 5.75 Å². The maximum absolute atomic E-state index is 12.9. The van der Waals surface area contributed by atoms with Crippen molar-refractivity contribution in [3.05, 3.63) is 64.2 Å². The number of benzene rings is 2. The molecule has 1 saturated heterocycles. The second kappa shape index (κ2) is 14.2. The van der Waals surface area contributed by atoms with E-state index < -0.39 is 36.4 Å². The summed E-state index contributed by atoms with van der Waals surface area (Å²) in [5.74, 6) is -4.99. The molecule has 2 heterocycles. The highest BCUT2D eigenvalue weighted by atomic mass is 35.5. The Morgan fingerprint density at radius 1 is 1.02 bits per heavy atom. The molecule has 13 heteroatoms. The van der Waals surface area contributed by atoms with Crippen molar-refractivity contribution in [1.82, 2.24) is 9.80 Å². The van der Waals surface area contributed by atoms with Crippen molar-refractivity contribution >= 4 is 35.4 Å². The summed E-state index contributed by atoms with van der Waals surface area (Å²) in [4.78, 5) is 47.4. The fourth-order valence-corrected chi connectivity index (χ4v) is 5.69. The lowest BCUT2D eigenvalue weighted by Gasteiger charge is -2.40. The van der Waals surface area contributed by atoms with Crippen LogP contribution < -0.4 is 0 Å². The predicted octanol–water partition coefficient (Wildman–Crippen LogP) is 2.57. The normalized spacial score (nSPS) is 16.5. The summed E-state index contributed by atoms with van der Waals surface area (Å²) in [6.07, 6.45) is 0.0774. The van der Waals surface area contributed by atoms with Gasteiger partial charge in [0.2, 0.25) is 5.91 Å². The average molecular weight is 621 g/mol. The number of nitrogens with zero attached hydrogens (tertiary/aromatic N) is 2. The number of ether oxygens (including phenoxy) is 1. The highest BCUT2D eigenvalue weighted by Gasteiger charge is 2.43. The molecule has 12 nitrogen and oxygen atoms in total. The number of rotatable bonds is 10. The Hall–Kier alpha value is -3.71. The first-order chi connectivity index (χ1) is 20.2. The van der Waals surface area contributed by atoms with Gasteiger partial charge in [-0.05, 0) is 54.2 Å². The highest BCUT2D eigenvalue weighted by Crippen LogP contribution is 2.44. The average Bonchev–Trinajstić information content (AvgIpc) is 3.28. The molecular formula is C30H37ClN2O10. The fraction of sp³-hybridized carbons (Fsp3) is 0.467. The quantitative estimate of drug-likeness (QED) is 0.263. The van der Waals surface area contributed by atoms with Crippen LogP contribution in [0.2, 0.25) is 5.02 Å². The summed E-state index contributed by atoms with van der Waals surface area (Å²) in [6, 6.07) is 13.4. The van der Waals surface area contributed by atoms with Gasteiger partial charge in [-0.25, -0.2) is 4.79 Å². The lowest BCUT2D eigenvalue weighted by Crippen LogP contribution is -2.46. The van der Waals surface area contributed by atoms with Gasteiger partial charge in [-0.2, -0.15) is 0 Å². The van der Waals surface area contributed by atoms with Crippen LogP contribution in [-0.2, 0) is 42.5 Å². The molecule has 2 aliphatic rings. The van der Waals surface area contributed by atoms with Gasteiger partial charge in [-0.3, -0.25) is 14.4 Å². The number of carbonyl (C=O) groups excluding carboxylic acids is 1. The lowest BCUT2D eigenvalue weighted by molar-refractivity contribution is -0.170. The summed E-state index contributed by atoms with van der Waals surface area (Å²) in [5, 5.41) is 44.2. The number of phenols is 1. The molecule has 1 unspecified atom stereocenters. The van der Waals surface area contributed by atoms with E-state index in [1.54, 1.807) is 37.2 Å². The number of hydrogen-bond acceptors (Lipinski definition) is 8. The number of hydrogen-bond donors (Lipinski definition) is 5. The Bertz CT molecular complexity index is 1320. The zero-order chi connectivity index (χ0) is 31.9. The number of phenolic OH excluding ortho intramolecular Hbond substituents is 1. The minimum Gasteiger partial charge on any atom is -0.508 e. The molecule has 1 fully saturated rings. The van der Waals surface area contributed by atoms with E-state index in [0.29, 0.717) is 24.6 Å². The van der Waals surface area contributed by atoms with Crippen LogP contribution in [0, 0.1) is 5.92 Å². The minimum absolute atomic E-state index is 0.0807. The van der Waals surface area contributed by atoms with E-state index in [4.69, 9.17) is 36.8 Å². The number of aliphatic hydroxyl groups is 1. The van der Waals surface area contributed by atoms with Crippen molar-refractivity contribution in [2.75, 3.05) is 33.7 Å². The summed E-state index contributed by atoms with van der Waals surface area (Å²) >= 11 is 6.33. The molecule has 43 heavy (non-hydrogen) atoms. The number of aliphatic carboxylic acids is 3. The SMILES string of the molecule is CN(C)C(=O)C(Cc1cc(O)ccc1Cl)CN1CCC2(CC1)OCc1ccccc12.O=C(O)CC(O)(CC(=O)O)C(=O)O. The number of halogens is 1. The number of carbonyl (C=O) groups is 4. The Morgan fingerprint density at radius 2 is 1.63 bits per heavy atom. The van der Waals surface area contributed by atoms with E-state index in [9.17, 15) is 24.3 Å². The molecule has 4 rings (SSSR count). The van der Waals surface area contributed by atoms with Crippen molar-refractivity contribution in [2.45, 2.75) is 49.9 Å². The molecule has 234 valence electrons. The Kier molecular flexibility index (Phi) is 11.1. The zero-order valence-electron chi connectivity index (χ0n) is 24.0. The molecule has 0 aromatic heterocycles. The molecule has 5 N–H and O–H groups in total. The standard InChI is InChI=1S/C24H29ClN2O3.C6H8O7/c1-26(2)23(29)19(13-18-14-20(28)7-8-22(18)25)15-27-11-9-24(10-12-27)21-6-4-3-5-17(21)16-30-24;7-3(8)1-6(13,5(11)12)2-4(9)10/h3-8,14,19,28H,9-13,15-16H2,1-2H3;13H,1-2H2,(H,7,8)(H,9,10)(H,11,12). The monoisotopic (exact) mass is 620 g/mol. The van der Waals surface area contributed by atoms with Crippen molar-refractivity contribution < 1.29 is 49.4 Å². The number of carboxylic acid groups (broad SMARTS) is 3. The van der Waals surface area contributed by atoms with Gasteiger partial charge in [-0.15, -0.1) is 0 Å². The van der Waals surface area contributed by atoms with E-state index in [1.807, 2.05) is 0 Å². The van der Waals surface area contributed by atoms with Crippen LogP contribution in [-0.4, -0.2) is 98.5 Å². The largest absolute Gasteiger partial charge is 0.508 e. The maximum Gasteiger partial charge on any atom is 0.336 e. The first-order valence-corrected chi connectivity index (χ1v) is 14.1. The molecule has 1 amide bonds. The number of carboxylic acids is 3. The summed E-state index contributed by atoms with van der Waals surface area (Å²) < 4.78 is 6.27. The first kappa shape index (κ1) is 33.8. The van der Waals surface area contributed by atoms with E-state index >= 15 is 0 Å². The third kappa shape index (κ3) is 8.66. The van der Waals surface area contributed by atoms with Crippen LogP contribution in [0.5, 0.6) is 5.75 Å². The zero-order valence-corrected chi connectivity index (χ0v) is 24.8. The minimum atomic E-state index is -2.74. The lowest BCUT2D eigenvalue weighted by atomic mass is 9.83. The van der Waals surface area contributed by atoms with Crippen molar-refractivity contribution in [2.24, 2.45) is 5.92 Å². The molecule has 2 aromatic rings. The van der Waals surface area contributed by atoms with Crippen LogP contribution in [0.25, 0.3) is 0 Å². The Balaban J connectivity index is 0.000000331. The molecule has 2 aliphatic heterocycles. The number of fused-ring (bicyclic) bond motifs is 2. The fourth-order valence-electron chi connectivity index (χ4n) is 5.50. The summed E-state index contributed by atoms with van der Waals surface area (Å²) in [6.45, 7) is 3.13. The summed E-state index contributed by atoms with van der Waals surface area (Å²) in [5.41, 5.74) is 0.515. The number of amides is 1. The van der Waals surface area contributed by atoms with Crippen LogP contribution >= 0.6 is 11.6 Å². The summed E-state index contributed by atoms with van der Waals surface area (Å²) in [7, 11) is 3.57. The topological polar surface area (TPSA) is 185 Å². The number of likely N-dealkylation sites (tertiary alicyclic amines) is 1. The molecule has 0 aliphatic carbocycles. The molecule has 0 bridgehead atoms. The smallest absolute Gasteiger partial charge is 0.336 e. The Labute approximate surface area is 254 Å². The number of aromatic hydroxyl groups is 1. The van der Waals surface area contributed by atoms with E-state index in [2.05, 4.69) is 29.2 Å². The predicted molar refractivity (Wildman–Crippen MR) is 155 cm³/mol. The van der Waals surface area contributed by atoms with E-state index in [-0.39, 0.29) is 23.2 Å². The van der Waals surface area contributed by atoms with Crippen molar-refractivity contribution in [3.63, 3.8) is 0 Å². The van der Waals surface area contributed by atoms with Crippen LogP contribution in [0.15, 0.2) is 42.5 Å². The highest BCUT2D eigenvalue weighted by molar-refractivity contribution is 6.31. The molecule has 2 aromatic carbocycles. The molecule has 1 spiro atoms. The van der Waals surface area contributed by atoms with Crippen LogP contribution in [0.4, 0.5) is 0 Å². The molecule has 0 radical (unpaired) electrons. The van der Waals surface area contributed by atoms with Gasteiger partial charge in [0.05, 0.1) is 31.0 Å². The first-order valence-electron chi connectivity index (χ1n) is 13.7. The van der Waals surface area contributed by atoms with Crippen molar-refractivity contribution in [3.8, 4) is 5.75 Å². The van der Waals surface area contributed by atoms with Crippen LogP contribution in [0.1, 0.15) is 42.4 Å². The third-order valence-corrected chi connectivity index (χ3v) is 8.09. The Morgan fingerprint density at radius 3 is 2.19 bits per heavy atom. The molecular weight excluding hydrogens is 584 g/mol. The van der Waals surface area contributed by atoms with Crippen LogP contribution in [0.3, 0.4) is 0 Å². The third-order valence-electron chi connectivity index (χ3n) is 7.73. The second-order valence-electron chi connectivity index (χ2n) is 11.1. The molecule has 0 saturated carbocycles.